The van der Waals surface area contributed by atoms with Gasteiger partial charge in [-0.3, -0.25) is 4.79 Å². The van der Waals surface area contributed by atoms with E-state index in [1.165, 1.54) is 30.0 Å². The van der Waals surface area contributed by atoms with Gasteiger partial charge in [-0.05, 0) is 32.0 Å². The number of hydrogen-bond acceptors (Lipinski definition) is 4. The lowest BCUT2D eigenvalue weighted by Gasteiger charge is -2.25. The van der Waals surface area contributed by atoms with Gasteiger partial charge in [0.05, 0.1) is 16.8 Å². The van der Waals surface area contributed by atoms with E-state index in [0.29, 0.717) is 17.6 Å². The molecule has 0 aromatic heterocycles. The van der Waals surface area contributed by atoms with E-state index in [4.69, 9.17) is 11.6 Å². The number of hydrogen-bond donors (Lipinski definition) is 3. The van der Waals surface area contributed by atoms with Crippen molar-refractivity contribution < 1.29 is 28.2 Å². The van der Waals surface area contributed by atoms with E-state index in [0.717, 1.165) is 0 Å². The van der Waals surface area contributed by atoms with Crippen LogP contribution in [0.1, 0.15) is 13.8 Å². The Hall–Kier alpha value is -0.960. The molecule has 0 bridgehead atoms. The molecule has 0 saturated heterocycles. The highest BCUT2D eigenvalue weighted by molar-refractivity contribution is 7.99. The summed E-state index contributed by atoms with van der Waals surface area (Å²) in [6, 6.07) is 4.32. The fourth-order valence-electron chi connectivity index (χ4n) is 1.28. The Morgan fingerprint density at radius 2 is 2.05 bits per heavy atom. The number of aliphatic hydroxyl groups is 2. The fraction of sp³-hybridized carbons (Fsp3) is 0.462. The number of alkyl halides is 3. The van der Waals surface area contributed by atoms with Gasteiger partial charge in [-0.25, -0.2) is 0 Å². The zero-order chi connectivity index (χ0) is 17.1. The summed E-state index contributed by atoms with van der Waals surface area (Å²) in [4.78, 5) is 12.2. The lowest BCUT2D eigenvalue weighted by Crippen LogP contribution is -2.52. The first-order chi connectivity index (χ1) is 9.95. The molecule has 0 aliphatic carbocycles. The minimum absolute atomic E-state index is 0.0296. The monoisotopic (exact) mass is 357 g/mol. The Balaban J connectivity index is 2.85. The summed E-state index contributed by atoms with van der Waals surface area (Å²) in [7, 11) is 0. The predicted molar refractivity (Wildman–Crippen MR) is 79.2 cm³/mol. The van der Waals surface area contributed by atoms with Crippen LogP contribution < -0.4 is 5.32 Å². The molecule has 0 aliphatic rings. The number of thioether (sulfide) groups is 1. The van der Waals surface area contributed by atoms with Gasteiger partial charge < -0.3 is 15.5 Å². The maximum atomic E-state index is 12.6. The van der Waals surface area contributed by atoms with Gasteiger partial charge in [0.1, 0.15) is 0 Å². The highest BCUT2D eigenvalue weighted by Crippen LogP contribution is 2.33. The van der Waals surface area contributed by atoms with Crippen molar-refractivity contribution in [3.05, 3.63) is 23.2 Å². The number of nitrogens with one attached hydrogen (secondary N) is 1. The first-order valence-corrected chi connectivity index (χ1v) is 7.52. The third-order valence-corrected chi connectivity index (χ3v) is 4.22. The molecule has 3 N–H and O–H groups in total. The summed E-state index contributed by atoms with van der Waals surface area (Å²) in [6.45, 7) is 1.98. The van der Waals surface area contributed by atoms with Crippen molar-refractivity contribution in [2.45, 2.75) is 36.6 Å². The normalized spacial score (nSPS) is 16.0. The van der Waals surface area contributed by atoms with Crippen LogP contribution >= 0.6 is 23.4 Å². The summed E-state index contributed by atoms with van der Waals surface area (Å²) in [6.07, 6.45) is -5.62. The van der Waals surface area contributed by atoms with Crippen LogP contribution in [0, 0.1) is 0 Å². The maximum Gasteiger partial charge on any atom is 0.426 e. The maximum absolute atomic E-state index is 12.6. The molecule has 1 rings (SSSR count). The molecule has 1 amide bonds. The van der Waals surface area contributed by atoms with Crippen molar-refractivity contribution in [1.82, 2.24) is 0 Å². The van der Waals surface area contributed by atoms with E-state index in [9.17, 15) is 28.2 Å². The lowest BCUT2D eigenvalue weighted by molar-refractivity contribution is -0.242. The van der Waals surface area contributed by atoms with E-state index in [-0.39, 0.29) is 10.7 Å². The highest BCUT2D eigenvalue weighted by Gasteiger charge is 2.55. The van der Waals surface area contributed by atoms with Gasteiger partial charge in [-0.2, -0.15) is 13.2 Å². The topological polar surface area (TPSA) is 69.6 Å². The number of benzene rings is 1. The second-order valence-electron chi connectivity index (χ2n) is 4.83. The summed E-state index contributed by atoms with van der Waals surface area (Å²) in [5.74, 6) is -1.20. The second kappa shape index (κ2) is 7.08. The quantitative estimate of drug-likeness (QED) is 0.708. The van der Waals surface area contributed by atoms with Crippen LogP contribution in [0.5, 0.6) is 0 Å². The number of rotatable bonds is 5. The van der Waals surface area contributed by atoms with Crippen LogP contribution in [0.3, 0.4) is 0 Å². The summed E-state index contributed by atoms with van der Waals surface area (Å²) >= 11 is 7.20. The minimum atomic E-state index is -5.10. The van der Waals surface area contributed by atoms with E-state index in [1.807, 2.05) is 5.32 Å². The van der Waals surface area contributed by atoms with E-state index in [2.05, 4.69) is 0 Å². The number of amides is 1. The molecule has 124 valence electrons. The van der Waals surface area contributed by atoms with Crippen LogP contribution in [-0.4, -0.2) is 39.8 Å². The highest BCUT2D eigenvalue weighted by atomic mass is 35.5. The molecule has 0 spiro atoms. The van der Waals surface area contributed by atoms with Crippen molar-refractivity contribution in [3.63, 3.8) is 0 Å². The van der Waals surface area contributed by atoms with Gasteiger partial charge in [0.15, 0.2) is 0 Å². The van der Waals surface area contributed by atoms with Gasteiger partial charge >= 0.3 is 6.18 Å². The van der Waals surface area contributed by atoms with E-state index >= 15 is 0 Å². The summed E-state index contributed by atoms with van der Waals surface area (Å²) in [5.41, 5.74) is -3.56. The number of anilines is 1. The standard InChI is InChI=1S/C13H15ClF3NO3S/c1-7(19)6-22-8-3-4-10(9(14)5-8)18-11(20)12(2,21)13(15,16)17/h3-5,7,19,21H,6H2,1-2H3,(H,18,20). The van der Waals surface area contributed by atoms with Gasteiger partial charge in [0.25, 0.3) is 5.91 Å². The molecule has 2 unspecified atom stereocenters. The third-order valence-electron chi connectivity index (χ3n) is 2.67. The number of aliphatic hydroxyl groups excluding tert-OH is 1. The van der Waals surface area contributed by atoms with Crippen molar-refractivity contribution in [2.75, 3.05) is 11.1 Å². The van der Waals surface area contributed by atoms with Crippen LogP contribution in [0.15, 0.2) is 23.1 Å². The molecular formula is C13H15ClF3NO3S. The van der Waals surface area contributed by atoms with E-state index < -0.39 is 23.8 Å². The zero-order valence-electron chi connectivity index (χ0n) is 11.7. The Bertz CT molecular complexity index is 550. The van der Waals surface area contributed by atoms with Crippen LogP contribution in [0.4, 0.5) is 18.9 Å². The average molecular weight is 358 g/mol. The molecule has 0 saturated carbocycles. The third kappa shape index (κ3) is 4.77. The molecule has 2 atom stereocenters. The van der Waals surface area contributed by atoms with Crippen molar-refractivity contribution in [1.29, 1.82) is 0 Å². The first-order valence-electron chi connectivity index (χ1n) is 6.16. The molecule has 0 aliphatic heterocycles. The molecule has 9 heteroatoms. The van der Waals surface area contributed by atoms with Crippen molar-refractivity contribution in [3.8, 4) is 0 Å². The lowest BCUT2D eigenvalue weighted by atomic mass is 10.1. The molecule has 0 heterocycles. The van der Waals surface area contributed by atoms with Crippen molar-refractivity contribution >= 4 is 35.0 Å². The fourth-order valence-corrected chi connectivity index (χ4v) is 2.37. The minimum Gasteiger partial charge on any atom is -0.393 e. The molecule has 0 radical (unpaired) electrons. The summed E-state index contributed by atoms with van der Waals surface area (Å²) < 4.78 is 37.7. The van der Waals surface area contributed by atoms with Crippen LogP contribution in [0.25, 0.3) is 0 Å². The Kier molecular flexibility index (Phi) is 6.14. The molecule has 1 aromatic carbocycles. The van der Waals surface area contributed by atoms with Crippen molar-refractivity contribution in [2.24, 2.45) is 0 Å². The average Bonchev–Trinajstić information content (AvgIpc) is 2.37. The zero-order valence-corrected chi connectivity index (χ0v) is 13.3. The van der Waals surface area contributed by atoms with Gasteiger partial charge in [-0.15, -0.1) is 11.8 Å². The number of halogens is 4. The molecule has 0 fully saturated rings. The SMILES string of the molecule is CC(O)CSc1ccc(NC(=O)C(C)(O)C(F)(F)F)c(Cl)c1. The van der Waals surface area contributed by atoms with Gasteiger partial charge in [0, 0.05) is 10.6 Å². The van der Waals surface area contributed by atoms with E-state index in [1.54, 1.807) is 6.92 Å². The second-order valence-corrected chi connectivity index (χ2v) is 6.33. The first kappa shape index (κ1) is 19.1. The Labute approximate surface area is 134 Å². The van der Waals surface area contributed by atoms with Crippen LogP contribution in [0.2, 0.25) is 5.02 Å². The van der Waals surface area contributed by atoms with Crippen LogP contribution in [-0.2, 0) is 4.79 Å². The summed E-state index contributed by atoms with van der Waals surface area (Å²) in [5, 5.41) is 20.4. The molecule has 4 nitrogen and oxygen atoms in total. The Morgan fingerprint density at radius 1 is 1.45 bits per heavy atom. The number of carbonyl (C=O) groups excluding carboxylic acids is 1. The Morgan fingerprint density at radius 3 is 2.50 bits per heavy atom. The molecule has 22 heavy (non-hydrogen) atoms. The predicted octanol–water partition coefficient (Wildman–Crippen LogP) is 3.06. The smallest absolute Gasteiger partial charge is 0.393 e. The molecular weight excluding hydrogens is 343 g/mol. The molecule has 1 aromatic rings. The number of carbonyl (C=O) groups is 1. The van der Waals surface area contributed by atoms with Gasteiger partial charge in [-0.1, -0.05) is 11.6 Å². The van der Waals surface area contributed by atoms with Gasteiger partial charge in [0.2, 0.25) is 5.60 Å². The largest absolute Gasteiger partial charge is 0.426 e.